The van der Waals surface area contributed by atoms with Crippen LogP contribution in [-0.4, -0.2) is 10.5 Å². The molecule has 0 saturated carbocycles. The first-order valence-electron chi connectivity index (χ1n) is 7.91. The molecule has 3 aromatic heterocycles. The first-order valence-corrected chi connectivity index (χ1v) is 8.73. The van der Waals surface area contributed by atoms with Crippen molar-refractivity contribution in [3.63, 3.8) is 0 Å². The van der Waals surface area contributed by atoms with E-state index in [9.17, 15) is 4.79 Å². The Morgan fingerprint density at radius 3 is 2.83 bits per heavy atom. The molecule has 0 bridgehead atoms. The summed E-state index contributed by atoms with van der Waals surface area (Å²) < 4.78 is 7.35. The standard InChI is InChI=1S/C18H18N2O2S/c21-17(19-12-13-6-5-11-22-13)16-14-7-1-2-8-15(14)23-18(16)20-9-3-4-10-20/h3-6,9-11H,1-2,7-8,12H2,(H,19,21). The normalized spacial score (nSPS) is 13.7. The second-order valence-corrected chi connectivity index (χ2v) is 6.83. The average Bonchev–Trinajstić information content (AvgIpc) is 3.31. The number of aromatic nitrogens is 1. The lowest BCUT2D eigenvalue weighted by atomic mass is 9.95. The highest BCUT2D eigenvalue weighted by Gasteiger charge is 2.26. The molecule has 118 valence electrons. The number of hydrogen-bond acceptors (Lipinski definition) is 3. The zero-order valence-corrected chi connectivity index (χ0v) is 13.6. The van der Waals surface area contributed by atoms with Crippen LogP contribution < -0.4 is 5.32 Å². The van der Waals surface area contributed by atoms with Crippen LogP contribution in [0.15, 0.2) is 47.3 Å². The smallest absolute Gasteiger partial charge is 0.254 e. The van der Waals surface area contributed by atoms with E-state index in [1.807, 2.05) is 41.2 Å². The van der Waals surface area contributed by atoms with Gasteiger partial charge in [-0.05, 0) is 55.5 Å². The Labute approximate surface area is 138 Å². The van der Waals surface area contributed by atoms with Gasteiger partial charge in [-0.25, -0.2) is 0 Å². The number of rotatable bonds is 4. The zero-order chi connectivity index (χ0) is 15.6. The van der Waals surface area contributed by atoms with Gasteiger partial charge in [-0.2, -0.15) is 0 Å². The fourth-order valence-corrected chi connectivity index (χ4v) is 4.46. The maximum absolute atomic E-state index is 12.8. The molecule has 0 fully saturated rings. The highest BCUT2D eigenvalue weighted by atomic mass is 32.1. The summed E-state index contributed by atoms with van der Waals surface area (Å²) in [6, 6.07) is 7.68. The first kappa shape index (κ1) is 14.3. The molecule has 23 heavy (non-hydrogen) atoms. The molecule has 5 heteroatoms. The summed E-state index contributed by atoms with van der Waals surface area (Å²) in [5.74, 6) is 0.759. The second-order valence-electron chi connectivity index (χ2n) is 5.74. The molecule has 0 radical (unpaired) electrons. The first-order chi connectivity index (χ1) is 11.3. The number of aryl methyl sites for hydroxylation is 1. The van der Waals surface area contributed by atoms with Crippen molar-refractivity contribution >= 4 is 17.2 Å². The van der Waals surface area contributed by atoms with Crippen LogP contribution in [-0.2, 0) is 19.4 Å². The van der Waals surface area contributed by atoms with Crippen molar-refractivity contribution in [3.05, 3.63) is 64.7 Å². The van der Waals surface area contributed by atoms with Crippen LogP contribution in [0.2, 0.25) is 0 Å². The molecule has 0 aromatic carbocycles. The van der Waals surface area contributed by atoms with Crippen molar-refractivity contribution < 1.29 is 9.21 Å². The third-order valence-corrected chi connectivity index (χ3v) is 5.53. The molecule has 4 rings (SSSR count). The highest BCUT2D eigenvalue weighted by molar-refractivity contribution is 7.15. The van der Waals surface area contributed by atoms with E-state index in [4.69, 9.17) is 4.42 Å². The molecule has 1 aliphatic carbocycles. The fraction of sp³-hybridized carbons (Fsp3) is 0.278. The van der Waals surface area contributed by atoms with Crippen LogP contribution in [0.25, 0.3) is 5.00 Å². The lowest BCUT2D eigenvalue weighted by Crippen LogP contribution is -2.24. The van der Waals surface area contributed by atoms with E-state index in [1.165, 1.54) is 16.9 Å². The van der Waals surface area contributed by atoms with E-state index >= 15 is 0 Å². The number of carbonyl (C=O) groups excluding carboxylic acids is 1. The summed E-state index contributed by atoms with van der Waals surface area (Å²) >= 11 is 1.75. The molecule has 0 saturated heterocycles. The number of thiophene rings is 1. The topological polar surface area (TPSA) is 47.2 Å². The van der Waals surface area contributed by atoms with Crippen molar-refractivity contribution in [3.8, 4) is 5.00 Å². The molecule has 1 amide bonds. The van der Waals surface area contributed by atoms with Crippen LogP contribution in [0.1, 0.15) is 39.4 Å². The number of carbonyl (C=O) groups is 1. The molecule has 3 aromatic rings. The number of nitrogens with one attached hydrogen (secondary N) is 1. The summed E-state index contributed by atoms with van der Waals surface area (Å²) in [7, 11) is 0. The van der Waals surface area contributed by atoms with Crippen molar-refractivity contribution in [1.82, 2.24) is 9.88 Å². The van der Waals surface area contributed by atoms with Crippen LogP contribution in [0.5, 0.6) is 0 Å². The Morgan fingerprint density at radius 1 is 1.22 bits per heavy atom. The minimum absolute atomic E-state index is 0.00972. The van der Waals surface area contributed by atoms with Gasteiger partial charge in [0.05, 0.1) is 18.4 Å². The van der Waals surface area contributed by atoms with E-state index in [-0.39, 0.29) is 5.91 Å². The van der Waals surface area contributed by atoms with Crippen molar-refractivity contribution in [2.24, 2.45) is 0 Å². The van der Waals surface area contributed by atoms with Gasteiger partial charge in [-0.3, -0.25) is 4.79 Å². The maximum Gasteiger partial charge on any atom is 0.254 e. The largest absolute Gasteiger partial charge is 0.467 e. The fourth-order valence-electron chi connectivity index (χ4n) is 3.11. The van der Waals surface area contributed by atoms with Gasteiger partial charge in [0, 0.05) is 17.3 Å². The van der Waals surface area contributed by atoms with Gasteiger partial charge in [0.25, 0.3) is 5.91 Å². The average molecular weight is 326 g/mol. The molecule has 0 unspecified atom stereocenters. The van der Waals surface area contributed by atoms with E-state index in [2.05, 4.69) is 5.32 Å². The van der Waals surface area contributed by atoms with E-state index in [0.29, 0.717) is 6.54 Å². The lowest BCUT2D eigenvalue weighted by molar-refractivity contribution is 0.0947. The quantitative estimate of drug-likeness (QED) is 0.789. The molecule has 0 aliphatic heterocycles. The second kappa shape index (κ2) is 6.08. The Morgan fingerprint density at radius 2 is 2.04 bits per heavy atom. The van der Waals surface area contributed by atoms with Crippen LogP contribution in [0, 0.1) is 0 Å². The molecular formula is C18H18N2O2S. The number of nitrogens with zero attached hydrogens (tertiary/aromatic N) is 1. The summed E-state index contributed by atoms with van der Waals surface area (Å²) in [6.07, 6.45) is 10.1. The van der Waals surface area contributed by atoms with Crippen LogP contribution >= 0.6 is 11.3 Å². The number of fused-ring (bicyclic) bond motifs is 1. The zero-order valence-electron chi connectivity index (χ0n) is 12.7. The van der Waals surface area contributed by atoms with Gasteiger partial charge in [-0.1, -0.05) is 0 Å². The predicted octanol–water partition coefficient (Wildman–Crippen LogP) is 3.94. The van der Waals surface area contributed by atoms with Crippen molar-refractivity contribution in [2.75, 3.05) is 0 Å². The van der Waals surface area contributed by atoms with E-state index < -0.39 is 0 Å². The van der Waals surface area contributed by atoms with Crippen LogP contribution in [0.3, 0.4) is 0 Å². The Hall–Kier alpha value is -2.27. The molecule has 1 N–H and O–H groups in total. The monoisotopic (exact) mass is 326 g/mol. The van der Waals surface area contributed by atoms with Gasteiger partial charge < -0.3 is 14.3 Å². The van der Waals surface area contributed by atoms with E-state index in [1.54, 1.807) is 17.6 Å². The van der Waals surface area contributed by atoms with Crippen molar-refractivity contribution in [2.45, 2.75) is 32.2 Å². The van der Waals surface area contributed by atoms with Gasteiger partial charge in [0.1, 0.15) is 10.8 Å². The lowest BCUT2D eigenvalue weighted by Gasteiger charge is -2.13. The van der Waals surface area contributed by atoms with Gasteiger partial charge >= 0.3 is 0 Å². The Kier molecular flexibility index (Phi) is 3.79. The Balaban J connectivity index is 1.68. The highest BCUT2D eigenvalue weighted by Crippen LogP contribution is 2.36. The summed E-state index contributed by atoms with van der Waals surface area (Å²) in [4.78, 5) is 14.2. The number of furan rings is 1. The maximum atomic E-state index is 12.8. The molecule has 1 aliphatic rings. The minimum atomic E-state index is -0.00972. The minimum Gasteiger partial charge on any atom is -0.467 e. The molecule has 0 spiro atoms. The van der Waals surface area contributed by atoms with Gasteiger partial charge in [0.15, 0.2) is 0 Å². The molecular weight excluding hydrogens is 308 g/mol. The SMILES string of the molecule is O=C(NCc1ccco1)c1c(-n2cccc2)sc2c1CCCC2. The third-order valence-electron chi connectivity index (χ3n) is 4.22. The predicted molar refractivity (Wildman–Crippen MR) is 90.2 cm³/mol. The summed E-state index contributed by atoms with van der Waals surface area (Å²) in [5.41, 5.74) is 2.08. The van der Waals surface area contributed by atoms with Crippen LogP contribution in [0.4, 0.5) is 0 Å². The van der Waals surface area contributed by atoms with E-state index in [0.717, 1.165) is 35.6 Å². The van der Waals surface area contributed by atoms with Gasteiger partial charge in [0.2, 0.25) is 0 Å². The third kappa shape index (κ3) is 2.72. The molecule has 3 heterocycles. The van der Waals surface area contributed by atoms with Crippen molar-refractivity contribution in [1.29, 1.82) is 0 Å². The Bertz CT molecular complexity index is 801. The number of amides is 1. The summed E-state index contributed by atoms with van der Waals surface area (Å²) in [5, 5.41) is 4.03. The molecule has 4 nitrogen and oxygen atoms in total. The number of hydrogen-bond donors (Lipinski definition) is 1. The molecule has 0 atom stereocenters. The van der Waals surface area contributed by atoms with Gasteiger partial charge in [-0.15, -0.1) is 11.3 Å². The summed E-state index contributed by atoms with van der Waals surface area (Å²) in [6.45, 7) is 0.418.